The number of sulfone groups is 1. The van der Waals surface area contributed by atoms with Crippen molar-refractivity contribution in [2.75, 3.05) is 0 Å². The van der Waals surface area contributed by atoms with Gasteiger partial charge in [-0.2, -0.15) is 0 Å². The average molecular weight is 334 g/mol. The van der Waals surface area contributed by atoms with E-state index in [1.165, 1.54) is 6.92 Å². The highest BCUT2D eigenvalue weighted by Gasteiger charge is 2.33. The van der Waals surface area contributed by atoms with Crippen molar-refractivity contribution in [2.45, 2.75) is 36.8 Å². The number of nitrogens with one attached hydrogen (secondary N) is 1. The Morgan fingerprint density at radius 2 is 2.04 bits per heavy atom. The number of benzene rings is 1. The highest BCUT2D eigenvalue weighted by atomic mass is 32.2. The van der Waals surface area contributed by atoms with Crippen LogP contribution < -0.4 is 5.32 Å². The van der Waals surface area contributed by atoms with Gasteiger partial charge < -0.3 is 9.84 Å². The maximum absolute atomic E-state index is 12.3. The molecule has 1 atom stereocenters. The molecule has 1 amide bonds. The van der Waals surface area contributed by atoms with Crippen molar-refractivity contribution < 1.29 is 17.7 Å². The van der Waals surface area contributed by atoms with Gasteiger partial charge in [0.2, 0.25) is 5.91 Å². The van der Waals surface area contributed by atoms with E-state index in [9.17, 15) is 13.2 Å². The maximum atomic E-state index is 12.3. The lowest BCUT2D eigenvalue weighted by molar-refractivity contribution is -0.120. The second kappa shape index (κ2) is 6.16. The molecule has 6 nitrogen and oxygen atoms in total. The molecular weight excluding hydrogens is 316 g/mol. The molecule has 0 saturated heterocycles. The predicted molar refractivity (Wildman–Crippen MR) is 85.2 cm³/mol. The van der Waals surface area contributed by atoms with Crippen molar-refractivity contribution in [1.82, 2.24) is 10.5 Å². The number of nitrogens with zero attached hydrogens (tertiary/aromatic N) is 1. The summed E-state index contributed by atoms with van der Waals surface area (Å²) in [5.41, 5.74) is 1.12. The summed E-state index contributed by atoms with van der Waals surface area (Å²) in [7, 11) is -3.63. The molecule has 1 fully saturated rings. The van der Waals surface area contributed by atoms with Crippen LogP contribution in [0.15, 0.2) is 40.9 Å². The first-order valence-electron chi connectivity index (χ1n) is 7.48. The molecule has 1 heterocycles. The van der Waals surface area contributed by atoms with Gasteiger partial charge in [-0.25, -0.2) is 8.42 Å². The van der Waals surface area contributed by atoms with E-state index >= 15 is 0 Å². The fourth-order valence-corrected chi connectivity index (χ4v) is 3.35. The Kier molecular flexibility index (Phi) is 4.21. The van der Waals surface area contributed by atoms with Gasteiger partial charge in [0.25, 0.3) is 0 Å². The highest BCUT2D eigenvalue weighted by Crippen LogP contribution is 2.22. The molecule has 1 saturated carbocycles. The topological polar surface area (TPSA) is 89.3 Å². The smallest absolute Gasteiger partial charge is 0.238 e. The molecule has 0 spiro atoms. The molecule has 0 aliphatic heterocycles. The third-order valence-electron chi connectivity index (χ3n) is 3.80. The van der Waals surface area contributed by atoms with Gasteiger partial charge in [0.1, 0.15) is 5.25 Å². The Balaban J connectivity index is 1.70. The van der Waals surface area contributed by atoms with E-state index in [1.54, 1.807) is 6.07 Å². The molecule has 1 aromatic heterocycles. The van der Waals surface area contributed by atoms with Crippen LogP contribution in [0.3, 0.4) is 0 Å². The van der Waals surface area contributed by atoms with Crippen molar-refractivity contribution in [3.63, 3.8) is 0 Å². The number of aromatic nitrogens is 1. The van der Waals surface area contributed by atoms with Crippen LogP contribution in [0.2, 0.25) is 0 Å². The van der Waals surface area contributed by atoms with Crippen LogP contribution in [0.1, 0.15) is 25.5 Å². The van der Waals surface area contributed by atoms with Gasteiger partial charge in [-0.1, -0.05) is 35.5 Å². The number of carbonyl (C=O) groups is 1. The maximum Gasteiger partial charge on any atom is 0.238 e. The van der Waals surface area contributed by atoms with Crippen molar-refractivity contribution in [3.8, 4) is 11.3 Å². The second-order valence-electron chi connectivity index (χ2n) is 5.78. The van der Waals surface area contributed by atoms with Gasteiger partial charge in [0, 0.05) is 17.7 Å². The van der Waals surface area contributed by atoms with E-state index in [-0.39, 0.29) is 11.8 Å². The summed E-state index contributed by atoms with van der Waals surface area (Å²) >= 11 is 0. The van der Waals surface area contributed by atoms with Crippen LogP contribution in [0.5, 0.6) is 0 Å². The van der Waals surface area contributed by atoms with Crippen LogP contribution in [0, 0.1) is 0 Å². The Hall–Kier alpha value is -2.15. The summed E-state index contributed by atoms with van der Waals surface area (Å²) in [6.07, 6.45) is 1.84. The summed E-state index contributed by atoms with van der Waals surface area (Å²) in [5.74, 6) is -0.257. The van der Waals surface area contributed by atoms with Gasteiger partial charge in [-0.15, -0.1) is 0 Å². The highest BCUT2D eigenvalue weighted by molar-refractivity contribution is 7.92. The SMILES string of the molecule is CC(C(=O)NC1CC1)S(=O)(=O)Cc1cc(-c2ccccc2)on1. The molecule has 23 heavy (non-hydrogen) atoms. The first-order chi connectivity index (χ1) is 11.0. The van der Waals surface area contributed by atoms with E-state index in [2.05, 4.69) is 10.5 Å². The van der Waals surface area contributed by atoms with Crippen molar-refractivity contribution >= 4 is 15.7 Å². The lowest BCUT2D eigenvalue weighted by Crippen LogP contribution is -2.39. The first kappa shape index (κ1) is 15.7. The zero-order valence-corrected chi connectivity index (χ0v) is 13.5. The average Bonchev–Trinajstić information content (AvgIpc) is 3.23. The third kappa shape index (κ3) is 3.79. The largest absolute Gasteiger partial charge is 0.356 e. The number of carbonyl (C=O) groups excluding carboxylic acids is 1. The Morgan fingerprint density at radius 1 is 1.35 bits per heavy atom. The van der Waals surface area contributed by atoms with Crippen molar-refractivity contribution in [3.05, 3.63) is 42.1 Å². The monoisotopic (exact) mass is 334 g/mol. The summed E-state index contributed by atoms with van der Waals surface area (Å²) in [4.78, 5) is 11.9. The second-order valence-corrected chi connectivity index (χ2v) is 8.10. The summed E-state index contributed by atoms with van der Waals surface area (Å²) in [5, 5.41) is 5.42. The summed E-state index contributed by atoms with van der Waals surface area (Å²) < 4.78 is 29.9. The zero-order valence-electron chi connectivity index (χ0n) is 12.7. The minimum Gasteiger partial charge on any atom is -0.356 e. The normalized spacial score (nSPS) is 16.0. The third-order valence-corrected chi connectivity index (χ3v) is 5.79. The van der Waals surface area contributed by atoms with Gasteiger partial charge in [0.15, 0.2) is 15.6 Å². The molecular formula is C16H18N2O4S. The molecule has 7 heteroatoms. The van der Waals surface area contributed by atoms with Crippen molar-refractivity contribution in [1.29, 1.82) is 0 Å². The first-order valence-corrected chi connectivity index (χ1v) is 9.20. The van der Waals surface area contributed by atoms with Gasteiger partial charge >= 0.3 is 0 Å². The molecule has 1 aliphatic carbocycles. The minimum absolute atomic E-state index is 0.136. The van der Waals surface area contributed by atoms with E-state index in [0.717, 1.165) is 18.4 Å². The quantitative estimate of drug-likeness (QED) is 0.872. The van der Waals surface area contributed by atoms with Crippen LogP contribution >= 0.6 is 0 Å². The summed E-state index contributed by atoms with van der Waals surface area (Å²) in [6, 6.07) is 11.0. The van der Waals surface area contributed by atoms with Crippen molar-refractivity contribution in [2.24, 2.45) is 0 Å². The lowest BCUT2D eigenvalue weighted by atomic mass is 10.2. The fourth-order valence-electron chi connectivity index (χ4n) is 2.16. The van der Waals surface area contributed by atoms with E-state index in [1.807, 2.05) is 30.3 Å². The molecule has 1 aliphatic rings. The Bertz CT molecular complexity index is 794. The Morgan fingerprint density at radius 3 is 2.70 bits per heavy atom. The van der Waals surface area contributed by atoms with Gasteiger partial charge in [-0.05, 0) is 19.8 Å². The minimum atomic E-state index is -3.63. The number of amides is 1. The van der Waals surface area contributed by atoms with Crippen LogP contribution in [0.25, 0.3) is 11.3 Å². The standard InChI is InChI=1S/C16H18N2O4S/c1-11(16(19)17-13-7-8-13)23(20,21)10-14-9-15(22-18-14)12-5-3-2-4-6-12/h2-6,9,11,13H,7-8,10H2,1H3,(H,17,19). The van der Waals surface area contributed by atoms with E-state index in [0.29, 0.717) is 11.5 Å². The van der Waals surface area contributed by atoms with Crippen LogP contribution in [-0.2, 0) is 20.4 Å². The van der Waals surface area contributed by atoms with E-state index in [4.69, 9.17) is 4.52 Å². The molecule has 122 valence electrons. The van der Waals surface area contributed by atoms with Crippen LogP contribution in [0.4, 0.5) is 0 Å². The van der Waals surface area contributed by atoms with Gasteiger partial charge in [0.05, 0.1) is 11.4 Å². The lowest BCUT2D eigenvalue weighted by Gasteiger charge is -2.11. The van der Waals surface area contributed by atoms with E-state index < -0.39 is 21.0 Å². The molecule has 2 aromatic rings. The number of rotatable bonds is 6. The van der Waals surface area contributed by atoms with Crippen LogP contribution in [-0.4, -0.2) is 30.8 Å². The fraction of sp³-hybridized carbons (Fsp3) is 0.375. The van der Waals surface area contributed by atoms with Gasteiger partial charge in [-0.3, -0.25) is 4.79 Å². The summed E-state index contributed by atoms with van der Waals surface area (Å²) in [6.45, 7) is 1.41. The molecule has 1 aromatic carbocycles. The molecule has 0 bridgehead atoms. The zero-order chi connectivity index (χ0) is 16.4. The molecule has 1 N–H and O–H groups in total. The number of hydrogen-bond acceptors (Lipinski definition) is 5. The molecule has 1 unspecified atom stereocenters. The number of hydrogen-bond donors (Lipinski definition) is 1. The Labute approximate surface area is 134 Å². The molecule has 3 rings (SSSR count). The predicted octanol–water partition coefficient (Wildman–Crippen LogP) is 1.92. The molecule has 0 radical (unpaired) electrons.